The Bertz CT molecular complexity index is 458. The zero-order valence-corrected chi connectivity index (χ0v) is 15.0. The SMILES string of the molecule is CC(=O)OCC(C)(C)C(=O)C(O)C/C=C/C=C/C(C)(C)[C@H](C)O. The van der Waals surface area contributed by atoms with Crippen LogP contribution < -0.4 is 0 Å². The van der Waals surface area contributed by atoms with Crippen LogP contribution in [0.4, 0.5) is 0 Å². The van der Waals surface area contributed by atoms with E-state index in [0.29, 0.717) is 0 Å². The minimum absolute atomic E-state index is 0.0512. The fourth-order valence-electron chi connectivity index (χ4n) is 1.64. The second kappa shape index (κ2) is 8.99. The number of esters is 1. The van der Waals surface area contributed by atoms with Crippen LogP contribution in [0.25, 0.3) is 0 Å². The van der Waals surface area contributed by atoms with E-state index in [4.69, 9.17) is 4.74 Å². The Morgan fingerprint density at radius 3 is 2.17 bits per heavy atom. The van der Waals surface area contributed by atoms with E-state index in [-0.39, 0.29) is 24.2 Å². The van der Waals surface area contributed by atoms with E-state index in [9.17, 15) is 19.8 Å². The predicted octanol–water partition coefficient (Wildman–Crippen LogP) is 2.42. The Balaban J connectivity index is 4.51. The third kappa shape index (κ3) is 8.09. The fourth-order valence-corrected chi connectivity index (χ4v) is 1.64. The third-order valence-electron chi connectivity index (χ3n) is 3.82. The number of carbonyl (C=O) groups is 2. The molecule has 2 N–H and O–H groups in total. The van der Waals surface area contributed by atoms with Gasteiger partial charge in [0.15, 0.2) is 5.78 Å². The summed E-state index contributed by atoms with van der Waals surface area (Å²) >= 11 is 0. The van der Waals surface area contributed by atoms with Crippen molar-refractivity contribution in [2.45, 2.75) is 60.2 Å². The van der Waals surface area contributed by atoms with Crippen LogP contribution >= 0.6 is 0 Å². The van der Waals surface area contributed by atoms with Gasteiger partial charge in [0.2, 0.25) is 0 Å². The number of allylic oxidation sites excluding steroid dienone is 2. The molecular weight excluding hydrogens is 296 g/mol. The predicted molar refractivity (Wildman–Crippen MR) is 89.8 cm³/mol. The van der Waals surface area contributed by atoms with E-state index < -0.39 is 23.6 Å². The maximum absolute atomic E-state index is 12.2. The van der Waals surface area contributed by atoms with Gasteiger partial charge in [0.25, 0.3) is 0 Å². The van der Waals surface area contributed by atoms with Gasteiger partial charge in [-0.15, -0.1) is 0 Å². The van der Waals surface area contributed by atoms with Crippen molar-refractivity contribution < 1.29 is 24.5 Å². The number of carbonyl (C=O) groups excluding carboxylic acids is 2. The monoisotopic (exact) mass is 326 g/mol. The van der Waals surface area contributed by atoms with Crippen LogP contribution in [0.3, 0.4) is 0 Å². The first-order valence-electron chi connectivity index (χ1n) is 7.78. The van der Waals surface area contributed by atoms with Crippen molar-refractivity contribution in [2.75, 3.05) is 6.61 Å². The smallest absolute Gasteiger partial charge is 0.302 e. The number of hydrogen-bond acceptors (Lipinski definition) is 5. The van der Waals surface area contributed by atoms with Gasteiger partial charge in [-0.05, 0) is 27.2 Å². The molecule has 0 aromatic heterocycles. The number of Topliss-reactive ketones (excluding diaryl/α,β-unsaturated/α-hetero) is 1. The van der Waals surface area contributed by atoms with E-state index in [1.165, 1.54) is 6.92 Å². The number of aliphatic hydroxyl groups is 2. The molecule has 0 saturated heterocycles. The first-order chi connectivity index (χ1) is 10.4. The summed E-state index contributed by atoms with van der Waals surface area (Å²) in [6.07, 6.45) is 5.65. The zero-order chi connectivity index (χ0) is 18.3. The molecular formula is C18H30O5. The molecule has 0 bridgehead atoms. The molecule has 0 saturated carbocycles. The normalized spacial score (nSPS) is 15.8. The van der Waals surface area contributed by atoms with Gasteiger partial charge >= 0.3 is 5.97 Å². The molecule has 5 heteroatoms. The second-order valence-corrected chi connectivity index (χ2v) is 7.06. The number of hydrogen-bond donors (Lipinski definition) is 2. The zero-order valence-electron chi connectivity index (χ0n) is 15.0. The van der Waals surface area contributed by atoms with Crippen molar-refractivity contribution in [1.82, 2.24) is 0 Å². The summed E-state index contributed by atoms with van der Waals surface area (Å²) in [6.45, 7) is 10.1. The summed E-state index contributed by atoms with van der Waals surface area (Å²) < 4.78 is 4.86. The lowest BCUT2D eigenvalue weighted by molar-refractivity contribution is -0.149. The molecule has 2 atom stereocenters. The van der Waals surface area contributed by atoms with E-state index in [1.807, 2.05) is 19.9 Å². The molecule has 0 rings (SSSR count). The van der Waals surface area contributed by atoms with Crippen LogP contribution in [-0.4, -0.2) is 40.8 Å². The van der Waals surface area contributed by atoms with Gasteiger partial charge in [0, 0.05) is 12.3 Å². The molecule has 0 radical (unpaired) electrons. The van der Waals surface area contributed by atoms with Gasteiger partial charge in [-0.1, -0.05) is 38.2 Å². The van der Waals surface area contributed by atoms with Crippen LogP contribution in [-0.2, 0) is 14.3 Å². The van der Waals surface area contributed by atoms with E-state index >= 15 is 0 Å². The molecule has 0 spiro atoms. The van der Waals surface area contributed by atoms with Crippen LogP contribution in [0.15, 0.2) is 24.3 Å². The Labute approximate surface area is 139 Å². The summed E-state index contributed by atoms with van der Waals surface area (Å²) in [5.74, 6) is -0.817. The molecule has 0 amide bonds. The van der Waals surface area contributed by atoms with Crippen molar-refractivity contribution in [3.63, 3.8) is 0 Å². The van der Waals surface area contributed by atoms with Gasteiger partial charge < -0.3 is 14.9 Å². The quantitative estimate of drug-likeness (QED) is 0.502. The molecule has 0 heterocycles. The average Bonchev–Trinajstić information content (AvgIpc) is 2.43. The highest BCUT2D eigenvalue weighted by Gasteiger charge is 2.33. The minimum atomic E-state index is -1.14. The number of ketones is 1. The molecule has 132 valence electrons. The van der Waals surface area contributed by atoms with Crippen LogP contribution in [0.5, 0.6) is 0 Å². The highest BCUT2D eigenvalue weighted by atomic mass is 16.5. The maximum atomic E-state index is 12.2. The first kappa shape index (κ1) is 21.5. The largest absolute Gasteiger partial charge is 0.465 e. The van der Waals surface area contributed by atoms with Crippen molar-refractivity contribution in [2.24, 2.45) is 10.8 Å². The van der Waals surface area contributed by atoms with Gasteiger partial charge in [-0.2, -0.15) is 0 Å². The lowest BCUT2D eigenvalue weighted by Crippen LogP contribution is -2.38. The molecule has 0 aliphatic rings. The molecule has 23 heavy (non-hydrogen) atoms. The first-order valence-corrected chi connectivity index (χ1v) is 7.78. The number of ether oxygens (including phenoxy) is 1. The van der Waals surface area contributed by atoms with E-state index in [2.05, 4.69) is 0 Å². The van der Waals surface area contributed by atoms with Crippen LogP contribution in [0.2, 0.25) is 0 Å². The van der Waals surface area contributed by atoms with Crippen molar-refractivity contribution in [1.29, 1.82) is 0 Å². The van der Waals surface area contributed by atoms with Crippen LogP contribution in [0, 0.1) is 10.8 Å². The topological polar surface area (TPSA) is 83.8 Å². The minimum Gasteiger partial charge on any atom is -0.465 e. The molecule has 1 unspecified atom stereocenters. The Kier molecular flexibility index (Phi) is 8.42. The van der Waals surface area contributed by atoms with E-state index in [0.717, 1.165) is 0 Å². The summed E-state index contributed by atoms with van der Waals surface area (Å²) in [5.41, 5.74) is -1.27. The number of aliphatic hydroxyl groups excluding tert-OH is 2. The Morgan fingerprint density at radius 1 is 1.13 bits per heavy atom. The molecule has 0 aromatic carbocycles. The Morgan fingerprint density at radius 2 is 1.70 bits per heavy atom. The standard InChI is InChI=1S/C18H30O5/c1-13(19)17(3,4)11-9-7-8-10-15(21)16(22)18(5,6)12-23-14(2)20/h7-9,11,13,15,19,21H,10,12H2,1-6H3/b8-7+,11-9+/t13-,15?/m0/s1. The molecule has 0 fully saturated rings. The van der Waals surface area contributed by atoms with Crippen molar-refractivity contribution in [3.8, 4) is 0 Å². The fraction of sp³-hybridized carbons (Fsp3) is 0.667. The summed E-state index contributed by atoms with van der Waals surface area (Å²) in [7, 11) is 0. The van der Waals surface area contributed by atoms with Gasteiger partial charge in [0.1, 0.15) is 12.7 Å². The highest BCUT2D eigenvalue weighted by molar-refractivity contribution is 5.88. The van der Waals surface area contributed by atoms with Crippen LogP contribution in [0.1, 0.15) is 48.0 Å². The Hall–Kier alpha value is -1.46. The molecule has 0 aromatic rings. The van der Waals surface area contributed by atoms with Crippen molar-refractivity contribution >= 4 is 11.8 Å². The number of rotatable bonds is 9. The van der Waals surface area contributed by atoms with Gasteiger partial charge in [-0.25, -0.2) is 0 Å². The molecule has 0 aliphatic carbocycles. The lowest BCUT2D eigenvalue weighted by Gasteiger charge is -2.24. The van der Waals surface area contributed by atoms with Gasteiger partial charge in [-0.3, -0.25) is 9.59 Å². The van der Waals surface area contributed by atoms with Gasteiger partial charge in [0.05, 0.1) is 11.5 Å². The molecule has 5 nitrogen and oxygen atoms in total. The van der Waals surface area contributed by atoms with E-state index in [1.54, 1.807) is 39.0 Å². The summed E-state index contributed by atoms with van der Waals surface area (Å²) in [5, 5.41) is 19.5. The third-order valence-corrected chi connectivity index (χ3v) is 3.82. The maximum Gasteiger partial charge on any atom is 0.302 e. The lowest BCUT2D eigenvalue weighted by atomic mass is 9.85. The second-order valence-electron chi connectivity index (χ2n) is 7.06. The molecule has 0 aliphatic heterocycles. The summed E-state index contributed by atoms with van der Waals surface area (Å²) in [4.78, 5) is 23.0. The van der Waals surface area contributed by atoms with Crippen molar-refractivity contribution in [3.05, 3.63) is 24.3 Å². The summed E-state index contributed by atoms with van der Waals surface area (Å²) in [6, 6.07) is 0. The highest BCUT2D eigenvalue weighted by Crippen LogP contribution is 2.22. The average molecular weight is 326 g/mol.